The zero-order chi connectivity index (χ0) is 29.1. The summed E-state index contributed by atoms with van der Waals surface area (Å²) in [6.45, 7) is 0. The molecule has 0 saturated heterocycles. The first kappa shape index (κ1) is 27.0. The van der Waals surface area contributed by atoms with E-state index in [-0.39, 0.29) is 21.4 Å². The lowest BCUT2D eigenvalue weighted by Gasteiger charge is -2.25. The van der Waals surface area contributed by atoms with E-state index in [1.165, 1.54) is 9.80 Å². The van der Waals surface area contributed by atoms with E-state index in [1.807, 2.05) is 121 Å². The van der Waals surface area contributed by atoms with Crippen LogP contribution in [-0.4, -0.2) is 43.3 Å². The maximum Gasteiger partial charge on any atom is 0.283 e. The molecule has 0 aliphatic carbocycles. The summed E-state index contributed by atoms with van der Waals surface area (Å²) in [7, 11) is 0. The van der Waals surface area contributed by atoms with Crippen LogP contribution in [0.25, 0.3) is 12.2 Å². The van der Waals surface area contributed by atoms with Crippen molar-refractivity contribution >= 4 is 70.1 Å². The molecule has 202 valence electrons. The lowest BCUT2D eigenvalue weighted by atomic mass is 10.1. The van der Waals surface area contributed by atoms with Crippen LogP contribution in [-0.2, 0) is 9.59 Å². The van der Waals surface area contributed by atoms with Gasteiger partial charge in [-0.3, -0.25) is 9.59 Å². The van der Waals surface area contributed by atoms with Gasteiger partial charge in [0.25, 0.3) is 11.8 Å². The summed E-state index contributed by atoms with van der Waals surface area (Å²) in [4.78, 5) is 39.6. The van der Waals surface area contributed by atoms with E-state index in [0.717, 1.165) is 11.1 Å². The Bertz CT molecular complexity index is 1690. The SMILES string of the molecule is O=C1C(=Cc2ccccc2)N=C(c2ccccc2)N1C(=S)C(=S)N1C(=O)C(=Cc2ccccc2)N=C1c1ccccc1. The van der Waals surface area contributed by atoms with E-state index in [1.54, 1.807) is 12.2 Å². The lowest BCUT2D eigenvalue weighted by molar-refractivity contribution is -0.121. The van der Waals surface area contributed by atoms with Crippen molar-refractivity contribution in [3.05, 3.63) is 155 Å². The van der Waals surface area contributed by atoms with Crippen LogP contribution in [0.4, 0.5) is 0 Å². The van der Waals surface area contributed by atoms with Gasteiger partial charge in [0.2, 0.25) is 0 Å². The maximum atomic E-state index is 13.8. The van der Waals surface area contributed by atoms with Crippen LogP contribution in [0.1, 0.15) is 22.3 Å². The molecule has 0 spiro atoms. The number of aliphatic imine (C=N–C) groups is 2. The third-order valence-corrected chi connectivity index (χ3v) is 7.46. The van der Waals surface area contributed by atoms with Gasteiger partial charge in [0.05, 0.1) is 0 Å². The maximum absolute atomic E-state index is 13.8. The molecule has 2 aliphatic rings. The fourth-order valence-electron chi connectivity index (χ4n) is 4.58. The molecule has 0 bridgehead atoms. The fourth-order valence-corrected chi connectivity index (χ4v) is 5.10. The Morgan fingerprint density at radius 2 is 0.810 bits per heavy atom. The number of benzene rings is 4. The van der Waals surface area contributed by atoms with E-state index < -0.39 is 11.8 Å². The zero-order valence-electron chi connectivity index (χ0n) is 22.1. The number of thiocarbonyl (C=S) groups is 2. The average molecular weight is 583 g/mol. The number of rotatable bonds is 4. The molecule has 4 aromatic carbocycles. The first-order valence-corrected chi connectivity index (χ1v) is 13.9. The molecular formula is C34H22N4O2S2. The van der Waals surface area contributed by atoms with Crippen LogP contribution in [0, 0.1) is 0 Å². The van der Waals surface area contributed by atoms with Gasteiger partial charge in [-0.2, -0.15) is 0 Å². The number of hydrogen-bond donors (Lipinski definition) is 0. The third-order valence-electron chi connectivity index (χ3n) is 6.58. The van der Waals surface area contributed by atoms with Crippen molar-refractivity contribution in [2.75, 3.05) is 0 Å². The first-order valence-electron chi connectivity index (χ1n) is 13.1. The fraction of sp³-hybridized carbons (Fsp3) is 0. The molecule has 0 radical (unpaired) electrons. The highest BCUT2D eigenvalue weighted by Crippen LogP contribution is 2.27. The number of carbonyl (C=O) groups is 2. The van der Waals surface area contributed by atoms with Crippen LogP contribution in [0.3, 0.4) is 0 Å². The molecule has 0 atom stereocenters. The predicted molar refractivity (Wildman–Crippen MR) is 174 cm³/mol. The number of carbonyl (C=O) groups excluding carboxylic acids is 2. The summed E-state index contributed by atoms with van der Waals surface area (Å²) in [5, 5.41) is 0. The molecule has 0 N–H and O–H groups in total. The van der Waals surface area contributed by atoms with Gasteiger partial charge in [-0.1, -0.05) is 146 Å². The number of amides is 2. The molecule has 0 unspecified atom stereocenters. The van der Waals surface area contributed by atoms with Crippen molar-refractivity contribution in [3.63, 3.8) is 0 Å². The molecule has 2 aliphatic heterocycles. The highest BCUT2D eigenvalue weighted by atomic mass is 32.1. The second-order valence-electron chi connectivity index (χ2n) is 9.37. The Morgan fingerprint density at radius 3 is 1.14 bits per heavy atom. The van der Waals surface area contributed by atoms with E-state index in [4.69, 9.17) is 24.4 Å². The molecule has 6 nitrogen and oxygen atoms in total. The van der Waals surface area contributed by atoms with Crippen molar-refractivity contribution in [2.45, 2.75) is 0 Å². The van der Waals surface area contributed by atoms with E-state index in [9.17, 15) is 9.59 Å². The second-order valence-corrected chi connectivity index (χ2v) is 10.1. The summed E-state index contributed by atoms with van der Waals surface area (Å²) in [6, 6.07) is 37.4. The van der Waals surface area contributed by atoms with Gasteiger partial charge in [0, 0.05) is 11.1 Å². The van der Waals surface area contributed by atoms with Gasteiger partial charge < -0.3 is 0 Å². The molecular weight excluding hydrogens is 561 g/mol. The van der Waals surface area contributed by atoms with Crippen LogP contribution in [0.5, 0.6) is 0 Å². The number of amidine groups is 2. The van der Waals surface area contributed by atoms with Gasteiger partial charge >= 0.3 is 0 Å². The number of hydrogen-bond acceptors (Lipinski definition) is 6. The summed E-state index contributed by atoms with van der Waals surface area (Å²) >= 11 is 11.7. The van der Waals surface area contributed by atoms with Crippen molar-refractivity contribution in [1.82, 2.24) is 9.80 Å². The smallest absolute Gasteiger partial charge is 0.266 e. The molecule has 0 saturated carbocycles. The Morgan fingerprint density at radius 1 is 0.500 bits per heavy atom. The highest BCUT2D eigenvalue weighted by Gasteiger charge is 2.41. The third kappa shape index (κ3) is 5.28. The molecule has 6 rings (SSSR count). The van der Waals surface area contributed by atoms with Crippen molar-refractivity contribution in [2.24, 2.45) is 9.98 Å². The molecule has 8 heteroatoms. The molecule has 0 fully saturated rings. The van der Waals surface area contributed by atoms with Gasteiger partial charge in [-0.05, 0) is 23.3 Å². The number of nitrogens with zero attached hydrogens (tertiary/aromatic N) is 4. The Kier molecular flexibility index (Phi) is 7.55. The van der Waals surface area contributed by atoms with Crippen LogP contribution < -0.4 is 0 Å². The quantitative estimate of drug-likeness (QED) is 0.209. The average Bonchev–Trinajstić information content (AvgIpc) is 3.54. The van der Waals surface area contributed by atoms with Crippen molar-refractivity contribution in [3.8, 4) is 0 Å². The summed E-state index contributed by atoms with van der Waals surface area (Å²) in [5.74, 6) is -0.204. The molecule has 4 aromatic rings. The normalized spacial score (nSPS) is 16.7. The van der Waals surface area contributed by atoms with Crippen LogP contribution >= 0.6 is 24.4 Å². The van der Waals surface area contributed by atoms with Gasteiger partial charge in [-0.15, -0.1) is 0 Å². The second kappa shape index (κ2) is 11.7. The standard InChI is InChI=1S/C34H22N4O2S2/c39-31-27(21-23-13-5-1-6-14-23)35-29(25-17-9-3-10-18-25)37(31)33(41)34(42)38-30(26-19-11-4-12-20-26)36-28(32(38)40)22-24-15-7-2-8-16-24/h1-22H. The lowest BCUT2D eigenvalue weighted by Crippen LogP contribution is -2.49. The van der Waals surface area contributed by atoms with E-state index in [0.29, 0.717) is 22.8 Å². The molecule has 0 aromatic heterocycles. The van der Waals surface area contributed by atoms with Gasteiger partial charge in [0.1, 0.15) is 23.1 Å². The van der Waals surface area contributed by atoms with E-state index in [2.05, 4.69) is 9.98 Å². The Balaban J connectivity index is 1.40. The summed E-state index contributed by atoms with van der Waals surface area (Å²) in [5.41, 5.74) is 3.41. The monoisotopic (exact) mass is 582 g/mol. The Labute approximate surface area is 253 Å². The highest BCUT2D eigenvalue weighted by molar-refractivity contribution is 7.89. The van der Waals surface area contributed by atoms with E-state index >= 15 is 0 Å². The van der Waals surface area contributed by atoms with Gasteiger partial charge in [0.15, 0.2) is 9.98 Å². The van der Waals surface area contributed by atoms with Gasteiger partial charge in [-0.25, -0.2) is 19.8 Å². The van der Waals surface area contributed by atoms with Crippen molar-refractivity contribution in [1.29, 1.82) is 0 Å². The first-order chi connectivity index (χ1) is 20.5. The van der Waals surface area contributed by atoms with Crippen molar-refractivity contribution < 1.29 is 9.59 Å². The minimum absolute atomic E-state index is 0.0213. The zero-order valence-corrected chi connectivity index (χ0v) is 23.8. The summed E-state index contributed by atoms with van der Waals surface area (Å²) in [6.07, 6.45) is 3.41. The van der Waals surface area contributed by atoms with Crippen LogP contribution in [0.15, 0.2) is 143 Å². The minimum Gasteiger partial charge on any atom is -0.266 e. The minimum atomic E-state index is -0.435. The predicted octanol–water partition coefficient (Wildman–Crippen LogP) is 6.30. The molecule has 2 heterocycles. The summed E-state index contributed by atoms with van der Waals surface area (Å²) < 4.78 is 0. The largest absolute Gasteiger partial charge is 0.283 e. The molecule has 42 heavy (non-hydrogen) atoms. The Hall–Kier alpha value is -5.18. The topological polar surface area (TPSA) is 65.3 Å². The van der Waals surface area contributed by atoms with Crippen LogP contribution in [0.2, 0.25) is 0 Å². The molecule has 2 amide bonds.